The molecule has 71 heavy (non-hydrogen) atoms. The number of allylic oxidation sites excluding steroid dienone is 10. The van der Waals surface area contributed by atoms with E-state index in [2.05, 4.69) is 74.6 Å². The lowest BCUT2D eigenvalue weighted by molar-refractivity contribution is -0.161. The van der Waals surface area contributed by atoms with Gasteiger partial charge in [-0.3, -0.25) is 18.6 Å². The van der Waals surface area contributed by atoms with Gasteiger partial charge in [-0.1, -0.05) is 248 Å². The summed E-state index contributed by atoms with van der Waals surface area (Å²) in [5.74, 6) is -0.834. The maximum atomic E-state index is 12.7. The molecule has 2 unspecified atom stereocenters. The SMILES string of the molecule is CCCCCCC/C=C\C/C=C\C/C=C\CCCCCCCCC(=O)OC(COC(=O)CCCCCCCCCCCCCCCCCCC/C=C\C/C=C\CCCCCCC)COP(=O)(O)OCCN. The lowest BCUT2D eigenvalue weighted by Gasteiger charge is -2.19. The molecule has 0 aromatic rings. The monoisotopic (exact) mass is 1020 g/mol. The lowest BCUT2D eigenvalue weighted by Crippen LogP contribution is -2.29. The lowest BCUT2D eigenvalue weighted by atomic mass is 10.0. The van der Waals surface area contributed by atoms with Gasteiger partial charge in [0, 0.05) is 19.4 Å². The molecule has 414 valence electrons. The van der Waals surface area contributed by atoms with Gasteiger partial charge in [-0.2, -0.15) is 0 Å². The molecule has 0 radical (unpaired) electrons. The Morgan fingerprint density at radius 3 is 1.08 bits per heavy atom. The molecule has 0 amide bonds. The smallest absolute Gasteiger partial charge is 0.462 e. The van der Waals surface area contributed by atoms with Crippen LogP contribution in [0.25, 0.3) is 0 Å². The average molecular weight is 1020 g/mol. The Kier molecular flexibility index (Phi) is 55.2. The van der Waals surface area contributed by atoms with Crippen molar-refractivity contribution >= 4 is 19.8 Å². The van der Waals surface area contributed by atoms with E-state index >= 15 is 0 Å². The zero-order valence-corrected chi connectivity index (χ0v) is 47.1. The molecule has 0 aliphatic heterocycles. The second-order valence-electron chi connectivity index (χ2n) is 19.9. The maximum Gasteiger partial charge on any atom is 0.472 e. The quantitative estimate of drug-likeness (QED) is 0.0264. The van der Waals surface area contributed by atoms with Crippen molar-refractivity contribution in [1.82, 2.24) is 0 Å². The molecule has 0 rings (SSSR count). The van der Waals surface area contributed by atoms with E-state index in [1.54, 1.807) is 0 Å². The molecule has 9 nitrogen and oxygen atoms in total. The molecule has 0 aliphatic rings. The van der Waals surface area contributed by atoms with Crippen LogP contribution in [0, 0.1) is 0 Å². The summed E-state index contributed by atoms with van der Waals surface area (Å²) in [5.41, 5.74) is 5.38. The molecular formula is C61H112NO8P. The first-order chi connectivity index (χ1) is 34.8. The third-order valence-corrected chi connectivity index (χ3v) is 13.9. The van der Waals surface area contributed by atoms with Gasteiger partial charge in [-0.05, 0) is 83.5 Å². The number of ether oxygens (including phenoxy) is 2. The van der Waals surface area contributed by atoms with Crippen LogP contribution in [0.15, 0.2) is 60.8 Å². The van der Waals surface area contributed by atoms with Gasteiger partial charge in [0.1, 0.15) is 6.61 Å². The Bertz CT molecular complexity index is 1350. The van der Waals surface area contributed by atoms with Crippen LogP contribution >= 0.6 is 7.82 Å². The molecule has 0 spiro atoms. The fourth-order valence-corrected chi connectivity index (χ4v) is 9.20. The number of phosphoric ester groups is 1. The predicted octanol–water partition coefficient (Wildman–Crippen LogP) is 18.7. The number of carbonyl (C=O) groups is 2. The van der Waals surface area contributed by atoms with E-state index in [4.69, 9.17) is 24.3 Å². The van der Waals surface area contributed by atoms with Crippen LogP contribution < -0.4 is 5.73 Å². The molecule has 10 heteroatoms. The van der Waals surface area contributed by atoms with Gasteiger partial charge < -0.3 is 20.1 Å². The van der Waals surface area contributed by atoms with Crippen LogP contribution in [0.1, 0.15) is 284 Å². The summed E-state index contributed by atoms with van der Waals surface area (Å²) < 4.78 is 33.0. The summed E-state index contributed by atoms with van der Waals surface area (Å²) in [5, 5.41) is 0. The third-order valence-electron chi connectivity index (χ3n) is 12.9. The maximum absolute atomic E-state index is 12.7. The molecule has 0 aromatic carbocycles. The minimum absolute atomic E-state index is 0.0499. The summed E-state index contributed by atoms with van der Waals surface area (Å²) >= 11 is 0. The molecule has 0 saturated heterocycles. The van der Waals surface area contributed by atoms with Crippen molar-refractivity contribution in [2.45, 2.75) is 290 Å². The Labute approximate surface area is 438 Å². The van der Waals surface area contributed by atoms with Gasteiger partial charge in [-0.15, -0.1) is 0 Å². The molecule has 0 bridgehead atoms. The van der Waals surface area contributed by atoms with Crippen molar-refractivity contribution in [1.29, 1.82) is 0 Å². The van der Waals surface area contributed by atoms with Gasteiger partial charge in [-0.25, -0.2) is 4.57 Å². The minimum atomic E-state index is -4.39. The first-order valence-electron chi connectivity index (χ1n) is 29.8. The largest absolute Gasteiger partial charge is 0.472 e. The first kappa shape index (κ1) is 68.7. The predicted molar refractivity (Wildman–Crippen MR) is 303 cm³/mol. The van der Waals surface area contributed by atoms with E-state index in [0.29, 0.717) is 6.42 Å². The highest BCUT2D eigenvalue weighted by molar-refractivity contribution is 7.47. The summed E-state index contributed by atoms with van der Waals surface area (Å²) in [6.07, 6.45) is 71.4. The van der Waals surface area contributed by atoms with Gasteiger partial charge in [0.2, 0.25) is 0 Å². The van der Waals surface area contributed by atoms with Crippen LogP contribution in [0.5, 0.6) is 0 Å². The van der Waals surface area contributed by atoms with E-state index in [0.717, 1.165) is 77.0 Å². The van der Waals surface area contributed by atoms with E-state index in [1.165, 1.54) is 173 Å². The second kappa shape index (κ2) is 57.0. The van der Waals surface area contributed by atoms with E-state index in [9.17, 15) is 19.0 Å². The standard InChI is InChI=1S/C61H112NO8P/c1-3-5-7-9-11-13-15-17-19-21-23-25-26-27-28-29-30-31-32-34-35-37-39-41-43-45-47-49-51-53-60(63)67-57-59(58-69-71(65,66)68-56-55-62)70-61(64)54-52-50-48-46-44-42-40-38-36-33-24-22-20-18-16-14-12-10-8-6-4-2/h15-18,21-24,36,38,59H,3-14,19-20,25-35,37,39-58,62H2,1-2H3,(H,65,66)/b17-15-,18-16-,23-21-,24-22-,38-36-. The van der Waals surface area contributed by atoms with Crippen LogP contribution in [-0.4, -0.2) is 49.3 Å². The number of rotatable bonds is 56. The third kappa shape index (κ3) is 56.9. The zero-order valence-electron chi connectivity index (χ0n) is 46.2. The van der Waals surface area contributed by atoms with Crippen molar-refractivity contribution in [3.63, 3.8) is 0 Å². The fraction of sp³-hybridized carbons (Fsp3) is 0.803. The molecule has 2 atom stereocenters. The zero-order chi connectivity index (χ0) is 51.7. The van der Waals surface area contributed by atoms with E-state index < -0.39 is 26.5 Å². The summed E-state index contributed by atoms with van der Waals surface area (Å²) in [4.78, 5) is 35.2. The van der Waals surface area contributed by atoms with Gasteiger partial charge >= 0.3 is 19.8 Å². The number of carbonyl (C=O) groups excluding carboxylic acids is 2. The molecular weight excluding hydrogens is 906 g/mol. The summed E-state index contributed by atoms with van der Waals surface area (Å²) in [7, 11) is -4.39. The highest BCUT2D eigenvalue weighted by atomic mass is 31.2. The van der Waals surface area contributed by atoms with Crippen LogP contribution in [0.2, 0.25) is 0 Å². The van der Waals surface area contributed by atoms with Crippen molar-refractivity contribution in [2.24, 2.45) is 5.73 Å². The summed E-state index contributed by atoms with van der Waals surface area (Å²) in [6, 6.07) is 0. The number of nitrogens with two attached hydrogens (primary N) is 1. The topological polar surface area (TPSA) is 134 Å². The number of phosphoric acid groups is 1. The van der Waals surface area contributed by atoms with E-state index in [1.807, 2.05) is 0 Å². The number of hydrogen-bond donors (Lipinski definition) is 2. The van der Waals surface area contributed by atoms with Crippen LogP contribution in [-0.2, 0) is 32.7 Å². The number of esters is 2. The molecule has 0 heterocycles. The fourth-order valence-electron chi connectivity index (χ4n) is 8.44. The van der Waals surface area contributed by atoms with Crippen LogP contribution in [0.4, 0.5) is 0 Å². The Hall–Kier alpha value is -2.29. The first-order valence-corrected chi connectivity index (χ1v) is 31.3. The normalized spacial score (nSPS) is 13.5. The second-order valence-corrected chi connectivity index (χ2v) is 21.3. The summed E-state index contributed by atoms with van der Waals surface area (Å²) in [6.45, 7) is 3.74. The Morgan fingerprint density at radius 2 is 0.732 bits per heavy atom. The highest BCUT2D eigenvalue weighted by Crippen LogP contribution is 2.43. The van der Waals surface area contributed by atoms with Crippen LogP contribution in [0.3, 0.4) is 0 Å². The Morgan fingerprint density at radius 1 is 0.423 bits per heavy atom. The molecule has 0 fully saturated rings. The van der Waals surface area contributed by atoms with E-state index in [-0.39, 0.29) is 38.6 Å². The molecule has 0 aliphatic carbocycles. The van der Waals surface area contributed by atoms with Crippen molar-refractivity contribution in [3.8, 4) is 0 Å². The highest BCUT2D eigenvalue weighted by Gasteiger charge is 2.26. The van der Waals surface area contributed by atoms with Gasteiger partial charge in [0.15, 0.2) is 6.10 Å². The minimum Gasteiger partial charge on any atom is -0.462 e. The number of hydrogen-bond acceptors (Lipinski definition) is 8. The average Bonchev–Trinajstić information content (AvgIpc) is 3.36. The molecule has 3 N–H and O–H groups in total. The number of unbranched alkanes of at least 4 members (excludes halogenated alkanes) is 33. The van der Waals surface area contributed by atoms with Gasteiger partial charge in [0.05, 0.1) is 13.2 Å². The van der Waals surface area contributed by atoms with Crippen molar-refractivity contribution < 1.29 is 37.6 Å². The Balaban J connectivity index is 3.95. The van der Waals surface area contributed by atoms with Gasteiger partial charge in [0.25, 0.3) is 0 Å². The molecule has 0 aromatic heterocycles. The van der Waals surface area contributed by atoms with Crippen molar-refractivity contribution in [2.75, 3.05) is 26.4 Å². The molecule has 0 saturated carbocycles. The van der Waals surface area contributed by atoms with Crippen molar-refractivity contribution in [3.05, 3.63) is 60.8 Å².